The van der Waals surface area contributed by atoms with Crippen LogP contribution in [0.3, 0.4) is 0 Å². The molecule has 136 valence electrons. The van der Waals surface area contributed by atoms with Crippen molar-refractivity contribution in [3.63, 3.8) is 0 Å². The fourth-order valence-corrected chi connectivity index (χ4v) is 3.05. The SMILES string of the molecule is O=Cc1ccc(N2CCN(CCOc3ccccc3)CC2)c([N+](=O)[O-])c1. The van der Waals surface area contributed by atoms with Gasteiger partial charge in [0.05, 0.1) is 4.92 Å². The lowest BCUT2D eigenvalue weighted by Crippen LogP contribution is -2.47. The number of anilines is 1. The zero-order valence-corrected chi connectivity index (χ0v) is 14.4. The van der Waals surface area contributed by atoms with Crippen molar-refractivity contribution in [2.24, 2.45) is 0 Å². The van der Waals surface area contributed by atoms with E-state index in [-0.39, 0.29) is 5.69 Å². The molecular formula is C19H21N3O4. The molecule has 1 saturated heterocycles. The van der Waals surface area contributed by atoms with E-state index in [2.05, 4.69) is 4.90 Å². The third-order valence-electron chi connectivity index (χ3n) is 4.46. The van der Waals surface area contributed by atoms with Crippen LogP contribution in [0, 0.1) is 10.1 Å². The highest BCUT2D eigenvalue weighted by molar-refractivity contribution is 5.79. The Morgan fingerprint density at radius 2 is 1.81 bits per heavy atom. The summed E-state index contributed by atoms with van der Waals surface area (Å²) in [6, 6.07) is 14.3. The van der Waals surface area contributed by atoms with Gasteiger partial charge in [0, 0.05) is 44.4 Å². The molecule has 0 spiro atoms. The van der Waals surface area contributed by atoms with E-state index in [1.165, 1.54) is 6.07 Å². The van der Waals surface area contributed by atoms with Crippen LogP contribution in [-0.2, 0) is 0 Å². The second-order valence-corrected chi connectivity index (χ2v) is 6.11. The number of rotatable bonds is 7. The largest absolute Gasteiger partial charge is 0.492 e. The van der Waals surface area contributed by atoms with Crippen LogP contribution in [0.4, 0.5) is 11.4 Å². The quantitative estimate of drug-likeness (QED) is 0.432. The molecule has 0 unspecified atom stereocenters. The zero-order valence-electron chi connectivity index (χ0n) is 14.4. The molecule has 0 bridgehead atoms. The van der Waals surface area contributed by atoms with Gasteiger partial charge >= 0.3 is 0 Å². The zero-order chi connectivity index (χ0) is 18.4. The third-order valence-corrected chi connectivity index (χ3v) is 4.46. The lowest BCUT2D eigenvalue weighted by atomic mass is 10.1. The van der Waals surface area contributed by atoms with E-state index in [0.717, 1.165) is 25.4 Å². The lowest BCUT2D eigenvalue weighted by Gasteiger charge is -2.35. The second-order valence-electron chi connectivity index (χ2n) is 6.11. The molecule has 7 nitrogen and oxygen atoms in total. The van der Waals surface area contributed by atoms with E-state index >= 15 is 0 Å². The van der Waals surface area contributed by atoms with Crippen molar-refractivity contribution in [3.8, 4) is 5.75 Å². The molecule has 1 fully saturated rings. The molecule has 0 N–H and O–H groups in total. The van der Waals surface area contributed by atoms with Gasteiger partial charge in [-0.15, -0.1) is 0 Å². The smallest absolute Gasteiger partial charge is 0.293 e. The average Bonchev–Trinajstić information content (AvgIpc) is 2.69. The minimum Gasteiger partial charge on any atom is -0.492 e. The van der Waals surface area contributed by atoms with E-state index < -0.39 is 4.92 Å². The first-order valence-corrected chi connectivity index (χ1v) is 8.56. The maximum absolute atomic E-state index is 11.3. The Kier molecular flexibility index (Phi) is 5.80. The summed E-state index contributed by atoms with van der Waals surface area (Å²) >= 11 is 0. The molecular weight excluding hydrogens is 334 g/mol. The topological polar surface area (TPSA) is 75.9 Å². The van der Waals surface area contributed by atoms with E-state index in [1.54, 1.807) is 12.1 Å². The van der Waals surface area contributed by atoms with Gasteiger partial charge in [-0.2, -0.15) is 0 Å². The summed E-state index contributed by atoms with van der Waals surface area (Å²) in [5.41, 5.74) is 0.869. The van der Waals surface area contributed by atoms with Gasteiger partial charge < -0.3 is 9.64 Å². The first-order valence-electron chi connectivity index (χ1n) is 8.56. The predicted molar refractivity (Wildman–Crippen MR) is 99.1 cm³/mol. The highest BCUT2D eigenvalue weighted by Crippen LogP contribution is 2.29. The number of hydrogen-bond acceptors (Lipinski definition) is 6. The fraction of sp³-hybridized carbons (Fsp3) is 0.316. The first kappa shape index (κ1) is 17.9. The predicted octanol–water partition coefficient (Wildman–Crippen LogP) is 2.61. The van der Waals surface area contributed by atoms with E-state index in [9.17, 15) is 14.9 Å². The number of para-hydroxylation sites is 1. The van der Waals surface area contributed by atoms with Crippen molar-refractivity contribution in [2.45, 2.75) is 0 Å². The van der Waals surface area contributed by atoms with E-state index in [4.69, 9.17) is 4.74 Å². The Morgan fingerprint density at radius 1 is 1.08 bits per heavy atom. The Bertz CT molecular complexity index is 759. The number of piperazine rings is 1. The normalized spacial score (nSPS) is 14.8. The number of hydrogen-bond donors (Lipinski definition) is 0. The van der Waals surface area contributed by atoms with Crippen molar-refractivity contribution in [3.05, 3.63) is 64.2 Å². The third kappa shape index (κ3) is 4.37. The number of nitro benzene ring substituents is 1. The van der Waals surface area contributed by atoms with Crippen molar-refractivity contribution >= 4 is 17.7 Å². The van der Waals surface area contributed by atoms with Crippen LogP contribution in [0.25, 0.3) is 0 Å². The first-order chi connectivity index (χ1) is 12.7. The van der Waals surface area contributed by atoms with Crippen LogP contribution in [0.2, 0.25) is 0 Å². The Morgan fingerprint density at radius 3 is 2.46 bits per heavy atom. The summed E-state index contributed by atoms with van der Waals surface area (Å²) in [6.45, 7) is 4.45. The maximum Gasteiger partial charge on any atom is 0.293 e. The Hall–Kier alpha value is -2.93. The molecule has 1 aliphatic heterocycles. The molecule has 1 heterocycles. The van der Waals surface area contributed by atoms with Crippen LogP contribution in [0.15, 0.2) is 48.5 Å². The fourth-order valence-electron chi connectivity index (χ4n) is 3.05. The Balaban J connectivity index is 1.53. The number of nitrogens with zero attached hydrogens (tertiary/aromatic N) is 3. The van der Waals surface area contributed by atoms with Gasteiger partial charge in [-0.25, -0.2) is 0 Å². The van der Waals surface area contributed by atoms with Crippen molar-refractivity contribution in [1.29, 1.82) is 0 Å². The second kappa shape index (κ2) is 8.44. The summed E-state index contributed by atoms with van der Waals surface area (Å²) in [7, 11) is 0. The molecule has 2 aromatic rings. The van der Waals surface area contributed by atoms with Gasteiger partial charge in [0.1, 0.15) is 24.3 Å². The molecule has 0 aliphatic carbocycles. The van der Waals surface area contributed by atoms with Gasteiger partial charge in [0.25, 0.3) is 5.69 Å². The molecule has 2 aromatic carbocycles. The summed E-state index contributed by atoms with van der Waals surface area (Å²) in [6.07, 6.45) is 0.626. The van der Waals surface area contributed by atoms with Crippen LogP contribution < -0.4 is 9.64 Å². The maximum atomic E-state index is 11.3. The molecule has 0 aromatic heterocycles. The number of nitro groups is 1. The van der Waals surface area contributed by atoms with E-state index in [0.29, 0.717) is 37.2 Å². The summed E-state index contributed by atoms with van der Waals surface area (Å²) in [4.78, 5) is 26.0. The number of aldehydes is 1. The molecule has 1 aliphatic rings. The van der Waals surface area contributed by atoms with Gasteiger partial charge in [-0.1, -0.05) is 18.2 Å². The van der Waals surface area contributed by atoms with Gasteiger partial charge in [0.2, 0.25) is 0 Å². The van der Waals surface area contributed by atoms with Crippen molar-refractivity contribution in [1.82, 2.24) is 4.90 Å². The van der Waals surface area contributed by atoms with Gasteiger partial charge in [-0.05, 0) is 24.3 Å². The lowest BCUT2D eigenvalue weighted by molar-refractivity contribution is -0.384. The van der Waals surface area contributed by atoms with Gasteiger partial charge in [-0.3, -0.25) is 19.8 Å². The highest BCUT2D eigenvalue weighted by atomic mass is 16.6. The van der Waals surface area contributed by atoms with Crippen LogP contribution in [0.1, 0.15) is 10.4 Å². The number of ether oxygens (including phenoxy) is 1. The minimum atomic E-state index is -0.428. The highest BCUT2D eigenvalue weighted by Gasteiger charge is 2.24. The number of benzene rings is 2. The van der Waals surface area contributed by atoms with Crippen LogP contribution in [0.5, 0.6) is 5.75 Å². The van der Waals surface area contributed by atoms with Gasteiger partial charge in [0.15, 0.2) is 0 Å². The molecule has 7 heteroatoms. The summed E-state index contributed by atoms with van der Waals surface area (Å²) in [5, 5.41) is 11.3. The molecule has 0 atom stereocenters. The standard InChI is InChI=1S/C19H21N3O4/c23-15-16-6-7-18(19(14-16)22(24)25)21-10-8-20(9-11-21)12-13-26-17-4-2-1-3-5-17/h1-7,14-15H,8-13H2. The molecule has 0 saturated carbocycles. The summed E-state index contributed by atoms with van der Waals surface area (Å²) in [5.74, 6) is 0.858. The monoisotopic (exact) mass is 355 g/mol. The molecule has 3 rings (SSSR count). The van der Waals surface area contributed by atoms with Crippen LogP contribution >= 0.6 is 0 Å². The Labute approximate surface area is 151 Å². The summed E-state index contributed by atoms with van der Waals surface area (Å²) < 4.78 is 5.72. The number of carbonyl (C=O) groups is 1. The van der Waals surface area contributed by atoms with E-state index in [1.807, 2.05) is 35.2 Å². The average molecular weight is 355 g/mol. The van der Waals surface area contributed by atoms with Crippen molar-refractivity contribution in [2.75, 3.05) is 44.2 Å². The molecule has 0 amide bonds. The molecule has 0 radical (unpaired) electrons. The van der Waals surface area contributed by atoms with Crippen molar-refractivity contribution < 1.29 is 14.5 Å². The molecule has 26 heavy (non-hydrogen) atoms. The van der Waals surface area contributed by atoms with Crippen LogP contribution in [-0.4, -0.2) is 55.4 Å². The number of carbonyl (C=O) groups excluding carboxylic acids is 1. The minimum absolute atomic E-state index is 0.0181.